The van der Waals surface area contributed by atoms with Gasteiger partial charge in [-0.05, 0) is 133 Å². The van der Waals surface area contributed by atoms with E-state index in [0.29, 0.717) is 12.0 Å². The van der Waals surface area contributed by atoms with Crippen LogP contribution in [0.2, 0.25) is 0 Å². The summed E-state index contributed by atoms with van der Waals surface area (Å²) in [5.41, 5.74) is 17.5. The Morgan fingerprint density at radius 2 is 1.03 bits per heavy atom. The van der Waals surface area contributed by atoms with E-state index in [1.165, 1.54) is 46.6 Å². The number of aromatic nitrogens is 4. The highest BCUT2D eigenvalue weighted by atomic mass is 16.5. The molecule has 15 heteroatoms. The van der Waals surface area contributed by atoms with Crippen molar-refractivity contribution in [3.8, 4) is 22.3 Å². The van der Waals surface area contributed by atoms with Crippen molar-refractivity contribution in [2.45, 2.75) is 127 Å². The summed E-state index contributed by atoms with van der Waals surface area (Å²) < 4.78 is 12.3. The molecule has 6 atom stereocenters. The lowest BCUT2D eigenvalue weighted by molar-refractivity contribution is -0.143. The summed E-state index contributed by atoms with van der Waals surface area (Å²) in [6.07, 6.45) is 11.7. The lowest BCUT2D eigenvalue weighted by Crippen LogP contribution is -2.42. The van der Waals surface area contributed by atoms with Crippen molar-refractivity contribution in [1.29, 1.82) is 0 Å². The number of amides is 1. The standard InChI is InChI=1S/C29H35N3O4.C17H20N2O2.C12H17NO3.CH4/c1-7-19(3)28(32-12-11-18(2)13-25(32)33)29(35)31-24(15-26(34)36-6)22-14-23(17-30-16-22)27-20(4)9-8-10-21(27)5;1-11-5-4-6-12(2)17(11)14-7-13(9-19-10-14)15(18)8-16(20)21-3;1-4-9(3)11(12(15)16)13-6-5-8(2)7-10(13)14;/h8-14,16-17,19,24,28H,7,15H2,1-6H3,(H,31,35);4-7,9-10,15H,8,18H2,1-3H3;5-7,9,11H,4H2,1-3H3,(H,15,16);1H4/t19?,24-,28?;15-;9-,11-;/m000./s1. The number of benzene rings is 2. The van der Waals surface area contributed by atoms with Gasteiger partial charge in [-0.15, -0.1) is 0 Å². The van der Waals surface area contributed by atoms with Gasteiger partial charge in [0.25, 0.3) is 11.1 Å². The highest BCUT2D eigenvalue weighted by Gasteiger charge is 2.30. The van der Waals surface area contributed by atoms with E-state index in [0.717, 1.165) is 56.5 Å². The first-order valence-electron chi connectivity index (χ1n) is 24.5. The smallest absolute Gasteiger partial charge is 0.327 e. The maximum absolute atomic E-state index is 13.7. The summed E-state index contributed by atoms with van der Waals surface area (Å²) in [6.45, 7) is 19.6. The molecular weight excluding hydrogens is 937 g/mol. The van der Waals surface area contributed by atoms with Crippen LogP contribution in [0.1, 0.15) is 129 Å². The Hall–Kier alpha value is -7.52. The van der Waals surface area contributed by atoms with Crippen molar-refractivity contribution in [2.75, 3.05) is 14.2 Å². The lowest BCUT2D eigenvalue weighted by atomic mass is 9.94. The van der Waals surface area contributed by atoms with Crippen LogP contribution in [0, 0.1) is 53.4 Å². The molecule has 6 rings (SSSR count). The monoisotopic (exact) mass is 1010 g/mol. The molecule has 2 unspecified atom stereocenters. The first kappa shape index (κ1) is 60.8. The van der Waals surface area contributed by atoms with Crippen LogP contribution in [-0.2, 0) is 28.7 Å². The maximum atomic E-state index is 13.7. The molecule has 396 valence electrons. The second kappa shape index (κ2) is 28.7. The van der Waals surface area contributed by atoms with Gasteiger partial charge in [0.15, 0.2) is 0 Å². The number of methoxy groups -OCH3 is 2. The fraction of sp³-hybridized carbons (Fsp3) is 0.390. The fourth-order valence-electron chi connectivity index (χ4n) is 8.64. The van der Waals surface area contributed by atoms with Gasteiger partial charge >= 0.3 is 17.9 Å². The predicted octanol–water partition coefficient (Wildman–Crippen LogP) is 10.2. The molecule has 0 fully saturated rings. The van der Waals surface area contributed by atoms with Crippen molar-refractivity contribution in [3.63, 3.8) is 0 Å². The minimum Gasteiger partial charge on any atom is -0.480 e. The number of carboxylic acid groups (broad SMARTS) is 1. The molecule has 0 saturated carbocycles. The van der Waals surface area contributed by atoms with E-state index in [2.05, 4.69) is 46.0 Å². The number of carbonyl (C=O) groups excluding carboxylic acids is 3. The van der Waals surface area contributed by atoms with Gasteiger partial charge in [0, 0.05) is 66.5 Å². The van der Waals surface area contributed by atoms with Gasteiger partial charge in [0.2, 0.25) is 5.91 Å². The largest absolute Gasteiger partial charge is 0.480 e. The van der Waals surface area contributed by atoms with Crippen molar-refractivity contribution in [1.82, 2.24) is 24.4 Å². The highest BCUT2D eigenvalue weighted by Crippen LogP contribution is 2.31. The Bertz CT molecular complexity index is 2940. The second-order valence-corrected chi connectivity index (χ2v) is 18.7. The molecule has 0 saturated heterocycles. The van der Waals surface area contributed by atoms with Crippen LogP contribution < -0.4 is 22.2 Å². The Morgan fingerprint density at radius 1 is 0.622 bits per heavy atom. The van der Waals surface area contributed by atoms with Crippen LogP contribution in [0.3, 0.4) is 0 Å². The fourth-order valence-corrected chi connectivity index (χ4v) is 8.64. The molecule has 0 aliphatic rings. The van der Waals surface area contributed by atoms with E-state index in [9.17, 15) is 28.8 Å². The van der Waals surface area contributed by atoms with E-state index in [1.54, 1.807) is 37.1 Å². The molecule has 1 amide bonds. The van der Waals surface area contributed by atoms with Gasteiger partial charge in [-0.1, -0.05) is 84.4 Å². The molecule has 15 nitrogen and oxygen atoms in total. The number of carboxylic acids is 1. The zero-order chi connectivity index (χ0) is 54.1. The van der Waals surface area contributed by atoms with Gasteiger partial charge in [0.1, 0.15) is 12.1 Å². The average molecular weight is 1010 g/mol. The van der Waals surface area contributed by atoms with E-state index in [4.69, 9.17) is 15.6 Å². The molecule has 2 aromatic carbocycles. The van der Waals surface area contributed by atoms with Gasteiger partial charge in [-0.25, -0.2) is 4.79 Å². The van der Waals surface area contributed by atoms with Crippen LogP contribution in [-0.4, -0.2) is 62.2 Å². The first-order chi connectivity index (χ1) is 34.6. The normalized spacial score (nSPS) is 13.1. The summed E-state index contributed by atoms with van der Waals surface area (Å²) >= 11 is 0. The van der Waals surface area contributed by atoms with E-state index in [1.807, 2.05) is 104 Å². The predicted molar refractivity (Wildman–Crippen MR) is 292 cm³/mol. The Kier molecular flexibility index (Phi) is 23.5. The van der Waals surface area contributed by atoms with Crippen molar-refractivity contribution in [3.05, 3.63) is 175 Å². The molecule has 0 radical (unpaired) electrons. The number of hydrogen-bond acceptors (Lipinski definition) is 11. The summed E-state index contributed by atoms with van der Waals surface area (Å²) in [6, 6.07) is 20.2. The van der Waals surface area contributed by atoms with E-state index in [-0.39, 0.29) is 55.1 Å². The third kappa shape index (κ3) is 16.2. The SMILES string of the molecule is C.CCC(C)C(C(=O)N[C@@H](CC(=O)OC)c1cncc(-c2c(C)cccc2C)c1)n1ccc(C)cc1=O.CC[C@H](C)[C@@H](C(=O)O)n1ccc(C)cc1=O.COC(=O)C[C@H](N)c1cncc(-c2c(C)cccc2C)c1. The number of rotatable bonds is 17. The molecule has 4 N–H and O–H groups in total. The zero-order valence-corrected chi connectivity index (χ0v) is 44.3. The van der Waals surface area contributed by atoms with Crippen LogP contribution in [0.25, 0.3) is 22.3 Å². The summed E-state index contributed by atoms with van der Waals surface area (Å²) in [7, 11) is 2.68. The molecule has 6 aromatic rings. The van der Waals surface area contributed by atoms with E-state index < -0.39 is 36.1 Å². The number of nitrogens with zero attached hydrogens (tertiary/aromatic N) is 4. The van der Waals surface area contributed by atoms with Gasteiger partial charge in [-0.3, -0.25) is 33.9 Å². The van der Waals surface area contributed by atoms with Crippen molar-refractivity contribution < 1.29 is 33.8 Å². The van der Waals surface area contributed by atoms with Crippen LogP contribution in [0.4, 0.5) is 0 Å². The number of nitrogens with one attached hydrogen (secondary N) is 1. The topological polar surface area (TPSA) is 215 Å². The van der Waals surface area contributed by atoms with Crippen LogP contribution in [0.5, 0.6) is 0 Å². The molecule has 74 heavy (non-hydrogen) atoms. The first-order valence-corrected chi connectivity index (χ1v) is 24.5. The number of ether oxygens (including phenoxy) is 2. The number of aliphatic carboxylic acids is 1. The number of hydrogen-bond donors (Lipinski definition) is 3. The van der Waals surface area contributed by atoms with Crippen LogP contribution in [0.15, 0.2) is 120 Å². The molecule has 0 bridgehead atoms. The van der Waals surface area contributed by atoms with Crippen molar-refractivity contribution >= 4 is 23.8 Å². The Balaban J connectivity index is 0.000000321. The number of aryl methyl sites for hydroxylation is 6. The molecule has 4 heterocycles. The summed E-state index contributed by atoms with van der Waals surface area (Å²) in [5.74, 6) is -2.24. The minimum absolute atomic E-state index is 0. The van der Waals surface area contributed by atoms with Gasteiger partial charge in [0.05, 0.1) is 33.1 Å². The molecular formula is C59H76N6O9. The number of carbonyl (C=O) groups is 4. The Morgan fingerprint density at radius 3 is 1.45 bits per heavy atom. The quantitative estimate of drug-likeness (QED) is 0.0728. The number of pyridine rings is 4. The van der Waals surface area contributed by atoms with Gasteiger partial charge < -0.3 is 34.8 Å². The average Bonchev–Trinajstić information content (AvgIpc) is 3.35. The third-order valence-electron chi connectivity index (χ3n) is 13.1. The highest BCUT2D eigenvalue weighted by molar-refractivity contribution is 5.82. The van der Waals surface area contributed by atoms with Crippen molar-refractivity contribution in [2.24, 2.45) is 17.6 Å². The minimum atomic E-state index is -0.958. The Labute approximate surface area is 436 Å². The van der Waals surface area contributed by atoms with Crippen LogP contribution >= 0.6 is 0 Å². The lowest BCUT2D eigenvalue weighted by Gasteiger charge is -2.27. The number of nitrogens with two attached hydrogens (primary N) is 1. The van der Waals surface area contributed by atoms with Gasteiger partial charge in [-0.2, -0.15) is 0 Å². The second-order valence-electron chi connectivity index (χ2n) is 18.7. The maximum Gasteiger partial charge on any atom is 0.327 e. The van der Waals surface area contributed by atoms with E-state index >= 15 is 0 Å². The zero-order valence-electron chi connectivity index (χ0n) is 44.3. The third-order valence-corrected chi connectivity index (χ3v) is 13.1. The molecule has 4 aromatic heterocycles. The molecule has 0 spiro atoms. The molecule has 0 aliphatic heterocycles. The summed E-state index contributed by atoms with van der Waals surface area (Å²) in [5, 5.41) is 12.2. The molecule has 0 aliphatic carbocycles. The summed E-state index contributed by atoms with van der Waals surface area (Å²) in [4.78, 5) is 81.6. The number of esters is 2.